The third-order valence-corrected chi connectivity index (χ3v) is 7.25. The van der Waals surface area contributed by atoms with Crippen molar-refractivity contribution in [3.05, 3.63) is 92.5 Å². The minimum absolute atomic E-state index is 0.149. The number of hydrogen-bond acceptors (Lipinski definition) is 4. The van der Waals surface area contributed by atoms with Crippen LogP contribution in [0, 0.1) is 0 Å². The zero-order valence-electron chi connectivity index (χ0n) is 21.0. The highest BCUT2D eigenvalue weighted by Crippen LogP contribution is 2.38. The lowest BCUT2D eigenvalue weighted by Crippen LogP contribution is -2.33. The molecular formula is C31H27NO4. The van der Waals surface area contributed by atoms with E-state index in [1.165, 1.54) is 4.57 Å². The number of rotatable bonds is 4. The third-order valence-electron chi connectivity index (χ3n) is 7.25. The van der Waals surface area contributed by atoms with Crippen molar-refractivity contribution < 1.29 is 9.15 Å². The first-order valence-corrected chi connectivity index (χ1v) is 12.3. The van der Waals surface area contributed by atoms with E-state index in [2.05, 4.69) is 27.7 Å². The van der Waals surface area contributed by atoms with Gasteiger partial charge in [0, 0.05) is 26.9 Å². The van der Waals surface area contributed by atoms with Crippen LogP contribution in [-0.4, -0.2) is 11.7 Å². The average molecular weight is 478 g/mol. The molecule has 0 aliphatic rings. The summed E-state index contributed by atoms with van der Waals surface area (Å²) in [5.74, 6) is 1.01. The highest BCUT2D eigenvalue weighted by molar-refractivity contribution is 6.26. The van der Waals surface area contributed by atoms with Crippen molar-refractivity contribution >= 4 is 43.5 Å². The topological polar surface area (TPSA) is 61.4 Å². The monoisotopic (exact) mass is 477 g/mol. The summed E-state index contributed by atoms with van der Waals surface area (Å²) < 4.78 is 13.0. The summed E-state index contributed by atoms with van der Waals surface area (Å²) in [7, 11) is 1.63. The van der Waals surface area contributed by atoms with Gasteiger partial charge in [0.1, 0.15) is 16.9 Å². The van der Waals surface area contributed by atoms with Crippen LogP contribution in [0.4, 0.5) is 0 Å². The van der Waals surface area contributed by atoms with Gasteiger partial charge in [-0.2, -0.15) is 0 Å². The van der Waals surface area contributed by atoms with E-state index in [1.807, 2.05) is 54.6 Å². The Morgan fingerprint density at radius 3 is 1.89 bits per heavy atom. The van der Waals surface area contributed by atoms with Gasteiger partial charge in [-0.15, -0.1) is 0 Å². The van der Waals surface area contributed by atoms with Gasteiger partial charge in [-0.05, 0) is 64.7 Å². The molecule has 6 aromatic rings. The van der Waals surface area contributed by atoms with Crippen molar-refractivity contribution in [2.24, 2.45) is 0 Å². The fraction of sp³-hybridized carbons (Fsp3) is 0.226. The van der Waals surface area contributed by atoms with Gasteiger partial charge >= 0.3 is 0 Å². The van der Waals surface area contributed by atoms with Gasteiger partial charge in [0.15, 0.2) is 0 Å². The van der Waals surface area contributed by atoms with Crippen molar-refractivity contribution in [1.29, 1.82) is 0 Å². The van der Waals surface area contributed by atoms with Crippen LogP contribution in [0.3, 0.4) is 0 Å². The second-order valence-electron chi connectivity index (χ2n) is 10.0. The number of methoxy groups -OCH3 is 1. The van der Waals surface area contributed by atoms with Crippen LogP contribution in [0.15, 0.2) is 74.7 Å². The minimum atomic E-state index is -0.303. The smallest absolute Gasteiger partial charge is 0.266 e. The predicted molar refractivity (Wildman–Crippen MR) is 147 cm³/mol. The summed E-state index contributed by atoms with van der Waals surface area (Å²) in [5, 5.41) is 4.25. The van der Waals surface area contributed by atoms with Crippen molar-refractivity contribution in [1.82, 2.24) is 4.57 Å². The molecule has 5 nitrogen and oxygen atoms in total. The first-order chi connectivity index (χ1) is 17.3. The lowest BCUT2D eigenvalue weighted by atomic mass is 9.91. The number of nitrogens with zero attached hydrogens (tertiary/aromatic N) is 1. The molecule has 0 aliphatic heterocycles. The van der Waals surface area contributed by atoms with Gasteiger partial charge in [-0.1, -0.05) is 52.0 Å². The molecular weight excluding hydrogens is 450 g/mol. The summed E-state index contributed by atoms with van der Waals surface area (Å²) >= 11 is 0. The minimum Gasteiger partial charge on any atom is -0.497 e. The van der Waals surface area contributed by atoms with E-state index in [0.29, 0.717) is 38.8 Å². The highest BCUT2D eigenvalue weighted by Gasteiger charge is 2.23. The number of hydrogen-bond donors (Lipinski definition) is 0. The molecule has 0 radical (unpaired) electrons. The van der Waals surface area contributed by atoms with Crippen molar-refractivity contribution in [3.8, 4) is 11.4 Å². The fourth-order valence-corrected chi connectivity index (χ4v) is 5.49. The maximum atomic E-state index is 14.1. The van der Waals surface area contributed by atoms with E-state index >= 15 is 0 Å². The molecule has 0 unspecified atom stereocenters. The van der Waals surface area contributed by atoms with E-state index in [0.717, 1.165) is 27.3 Å². The molecule has 180 valence electrons. The Morgan fingerprint density at radius 2 is 1.28 bits per heavy atom. The molecule has 0 aliphatic carbocycles. The summed E-state index contributed by atoms with van der Waals surface area (Å²) in [6, 6.07) is 19.1. The van der Waals surface area contributed by atoms with Crippen LogP contribution in [0.2, 0.25) is 0 Å². The zero-order chi connectivity index (χ0) is 25.3. The first kappa shape index (κ1) is 22.4. The van der Waals surface area contributed by atoms with E-state index in [1.54, 1.807) is 13.2 Å². The molecule has 0 saturated carbocycles. The van der Waals surface area contributed by atoms with E-state index in [9.17, 15) is 9.59 Å². The molecule has 2 heterocycles. The summed E-state index contributed by atoms with van der Waals surface area (Å²) in [6.07, 6.45) is 0. The van der Waals surface area contributed by atoms with Gasteiger partial charge in [0.2, 0.25) is 0 Å². The van der Waals surface area contributed by atoms with Crippen LogP contribution >= 0.6 is 0 Å². The Kier molecular flexibility index (Phi) is 4.94. The van der Waals surface area contributed by atoms with Gasteiger partial charge in [-0.3, -0.25) is 9.59 Å². The number of pyridine rings is 1. The van der Waals surface area contributed by atoms with Crippen molar-refractivity contribution in [2.75, 3.05) is 7.11 Å². The maximum absolute atomic E-state index is 14.1. The highest BCUT2D eigenvalue weighted by atomic mass is 16.5. The van der Waals surface area contributed by atoms with E-state index < -0.39 is 0 Å². The lowest BCUT2D eigenvalue weighted by molar-refractivity contribution is 0.415. The maximum Gasteiger partial charge on any atom is 0.266 e. The second kappa shape index (κ2) is 7.95. The van der Waals surface area contributed by atoms with Crippen LogP contribution in [-0.2, 0) is 0 Å². The Bertz CT molecular complexity index is 1870. The van der Waals surface area contributed by atoms with Gasteiger partial charge in [0.25, 0.3) is 11.1 Å². The molecule has 0 saturated heterocycles. The summed E-state index contributed by atoms with van der Waals surface area (Å²) in [5.41, 5.74) is 3.44. The molecule has 5 heteroatoms. The zero-order valence-corrected chi connectivity index (χ0v) is 21.0. The third kappa shape index (κ3) is 3.02. The molecule has 2 aromatic heterocycles. The Labute approximate surface area is 207 Å². The molecule has 36 heavy (non-hydrogen) atoms. The van der Waals surface area contributed by atoms with Crippen LogP contribution in [0.5, 0.6) is 5.75 Å². The molecule has 0 fully saturated rings. The summed E-state index contributed by atoms with van der Waals surface area (Å²) in [6.45, 7) is 8.35. The Balaban J connectivity index is 1.81. The van der Waals surface area contributed by atoms with Gasteiger partial charge in [-0.25, -0.2) is 4.57 Å². The molecule has 0 spiro atoms. The van der Waals surface area contributed by atoms with E-state index in [4.69, 9.17) is 9.15 Å². The number of fused-ring (bicyclic) bond motifs is 2. The van der Waals surface area contributed by atoms with Gasteiger partial charge in [0.05, 0.1) is 12.8 Å². The lowest BCUT2D eigenvalue weighted by Gasteiger charge is -2.21. The van der Waals surface area contributed by atoms with Crippen molar-refractivity contribution in [3.63, 3.8) is 0 Å². The molecule has 6 rings (SSSR count). The molecule has 0 N–H and O–H groups in total. The van der Waals surface area contributed by atoms with Crippen LogP contribution < -0.4 is 15.9 Å². The summed E-state index contributed by atoms with van der Waals surface area (Å²) in [4.78, 5) is 28.2. The van der Waals surface area contributed by atoms with Crippen molar-refractivity contribution in [2.45, 2.75) is 39.5 Å². The quantitative estimate of drug-likeness (QED) is 0.201. The second-order valence-corrected chi connectivity index (χ2v) is 10.0. The number of ether oxygens (including phenoxy) is 1. The van der Waals surface area contributed by atoms with Crippen LogP contribution in [0.1, 0.15) is 50.7 Å². The predicted octanol–water partition coefficient (Wildman–Crippen LogP) is 7.10. The van der Waals surface area contributed by atoms with Gasteiger partial charge < -0.3 is 9.15 Å². The molecule has 0 amide bonds. The molecule has 4 aromatic carbocycles. The standard InChI is InChI=1S/C31H27NO4/c1-16(2)19-7-6-8-20(17(3)4)29(19)32-30(33)22-11-10-21-24-15-18(35-5)9-13-25(24)36-26-14-12-23(31(32)34)27(22)28(21)26/h6-17H,1-5H3. The molecule has 0 bridgehead atoms. The van der Waals surface area contributed by atoms with E-state index in [-0.39, 0.29) is 23.0 Å². The SMILES string of the molecule is COc1ccc2oc3ccc4c(=O)n(-c5c(C(C)C)cccc5C(C)C)c(=O)c5ccc(c2c1)c3c45. The number of benzene rings is 4. The normalized spacial score (nSPS) is 12.2. The fourth-order valence-electron chi connectivity index (χ4n) is 5.49. The number of para-hydroxylation sites is 1. The molecule has 0 atom stereocenters. The largest absolute Gasteiger partial charge is 0.497 e. The first-order valence-electron chi connectivity index (χ1n) is 12.3. The number of aromatic nitrogens is 1. The Morgan fingerprint density at radius 1 is 0.694 bits per heavy atom. The Hall–Kier alpha value is -4.12. The average Bonchev–Trinajstić information content (AvgIpc) is 2.88. The van der Waals surface area contributed by atoms with Crippen LogP contribution in [0.25, 0.3) is 49.2 Å².